The predicted molar refractivity (Wildman–Crippen MR) is 333 cm³/mol. The molecular weight excluding hydrogens is 1300 g/mol. The van der Waals surface area contributed by atoms with E-state index in [9.17, 15) is 53.6 Å². The number of rotatable bonds is 46. The number of aliphatic imine (C=N–C) groups is 1. The van der Waals surface area contributed by atoms with Crippen LogP contribution in [0.5, 0.6) is 5.75 Å². The van der Waals surface area contributed by atoms with E-state index in [2.05, 4.69) is 15.0 Å². The molecule has 0 atom stereocenters. The van der Waals surface area contributed by atoms with Gasteiger partial charge < -0.3 is 68.1 Å². The van der Waals surface area contributed by atoms with Crippen LogP contribution in [0, 0.1) is 35.1 Å². The first-order valence-corrected chi connectivity index (χ1v) is 34.2. The van der Waals surface area contributed by atoms with Crippen molar-refractivity contribution in [3.05, 3.63) is 76.9 Å². The van der Waals surface area contributed by atoms with Crippen LogP contribution in [0.25, 0.3) is 17.2 Å². The summed E-state index contributed by atoms with van der Waals surface area (Å²) in [4.78, 5) is 61.0. The molecule has 3 amide bonds. The van der Waals surface area contributed by atoms with E-state index in [0.29, 0.717) is 161 Å². The number of fused-ring (bicyclic) bond motifs is 1. The number of nitrogens with one attached hydrogen (secondary N) is 1. The molecule has 2 fully saturated rings. The Balaban J connectivity index is 0.668. The number of amidine groups is 1. The highest BCUT2D eigenvalue weighted by molar-refractivity contribution is 7.89. The number of nitrogens with two attached hydrogens (primary N) is 1. The Hall–Kier alpha value is -6.15. The average Bonchev–Trinajstić information content (AvgIpc) is 1.08. The molecule has 27 nitrogen and oxygen atoms in total. The van der Waals surface area contributed by atoms with Crippen molar-refractivity contribution >= 4 is 61.4 Å². The van der Waals surface area contributed by atoms with Crippen molar-refractivity contribution in [2.24, 2.45) is 22.6 Å². The van der Waals surface area contributed by atoms with Crippen LogP contribution in [0.3, 0.4) is 0 Å². The minimum Gasteiger partial charge on any atom is -0.420 e. The number of benzene rings is 3. The van der Waals surface area contributed by atoms with Gasteiger partial charge in [-0.2, -0.15) is 21.5 Å². The number of hydroxylamine groups is 2. The van der Waals surface area contributed by atoms with Gasteiger partial charge in [-0.25, -0.2) is 27.3 Å². The highest BCUT2D eigenvalue weighted by atomic mass is 32.2. The third-order valence-electron chi connectivity index (χ3n) is 14.6. The summed E-state index contributed by atoms with van der Waals surface area (Å²) in [6.07, 6.45) is 3.34. The third kappa shape index (κ3) is 25.7. The summed E-state index contributed by atoms with van der Waals surface area (Å²) in [6, 6.07) is 12.2. The van der Waals surface area contributed by atoms with Crippen LogP contribution in [0.4, 0.5) is 23.2 Å². The molecule has 33 heteroatoms. The number of piperidine rings is 1. The lowest BCUT2D eigenvalue weighted by molar-refractivity contribution is -0.180. The third-order valence-corrected chi connectivity index (χ3v) is 17.3. The number of ether oxygens (including phenoxy) is 11. The van der Waals surface area contributed by atoms with E-state index in [1.807, 2.05) is 38.1 Å². The number of likely N-dealkylation sites (tertiary alicyclic amines) is 1. The maximum absolute atomic E-state index is 14.0. The highest BCUT2D eigenvalue weighted by Crippen LogP contribution is 2.35. The summed E-state index contributed by atoms with van der Waals surface area (Å²) in [6.45, 7) is 11.9. The van der Waals surface area contributed by atoms with Gasteiger partial charge in [0.05, 0.1) is 162 Å². The van der Waals surface area contributed by atoms with Gasteiger partial charge in [-0.05, 0) is 61.6 Å². The SMILES string of the molecule is CCCN(OCC)C(=O)C1=Cc2ccc(-c3cccc(S(=O)(=O)N4CC(CNC(=O)C5CCN(C(=O)CCOCCOCCOCCOCCOCCOCCOCCOCCOCCOCCC(=O)Oc6c(F)c(F)c(S(=O)(=O)O)c(F)c6F)CC5)C4)c3)cc2N=C(N)C1. The molecule has 530 valence electrons. The number of nitrogens with zero attached hydrogens (tertiary/aromatic N) is 4. The molecule has 4 N–H and O–H groups in total. The van der Waals surface area contributed by atoms with Crippen molar-refractivity contribution in [2.45, 2.75) is 62.2 Å². The smallest absolute Gasteiger partial charge is 0.313 e. The largest absolute Gasteiger partial charge is 0.420 e. The summed E-state index contributed by atoms with van der Waals surface area (Å²) >= 11 is 0. The second-order valence-corrected chi connectivity index (χ2v) is 24.9. The summed E-state index contributed by atoms with van der Waals surface area (Å²) in [5.74, 6) is -13.1. The number of carbonyl (C=O) groups excluding carboxylic acids is 4. The quantitative estimate of drug-likeness (QED) is 0.0132. The van der Waals surface area contributed by atoms with Crippen LogP contribution in [-0.4, -0.2) is 243 Å². The number of sulfonamides is 1. The lowest BCUT2D eigenvalue weighted by Crippen LogP contribution is -2.54. The topological polar surface area (TPSA) is 328 Å². The van der Waals surface area contributed by atoms with Crippen LogP contribution in [0.15, 0.2) is 62.8 Å². The van der Waals surface area contributed by atoms with Crippen LogP contribution >= 0.6 is 0 Å². The Labute approximate surface area is 550 Å². The van der Waals surface area contributed by atoms with Gasteiger partial charge in [-0.3, -0.25) is 28.6 Å². The van der Waals surface area contributed by atoms with Gasteiger partial charge >= 0.3 is 16.1 Å². The number of hydrogen-bond donors (Lipinski definition) is 3. The molecule has 2 saturated heterocycles. The Kier molecular flexibility index (Phi) is 33.7. The van der Waals surface area contributed by atoms with E-state index in [4.69, 9.17) is 62.5 Å². The minimum absolute atomic E-state index is 0.0101. The summed E-state index contributed by atoms with van der Waals surface area (Å²) in [5.41, 5.74) is 9.40. The van der Waals surface area contributed by atoms with Gasteiger partial charge in [0.15, 0.2) is 16.5 Å². The van der Waals surface area contributed by atoms with Crippen molar-refractivity contribution < 1.29 is 115 Å². The molecule has 3 aromatic rings. The van der Waals surface area contributed by atoms with E-state index < -0.39 is 66.4 Å². The van der Waals surface area contributed by atoms with E-state index in [1.165, 1.54) is 9.37 Å². The summed E-state index contributed by atoms with van der Waals surface area (Å²) in [5, 5.41) is 4.36. The zero-order valence-corrected chi connectivity index (χ0v) is 55.0. The van der Waals surface area contributed by atoms with Crippen molar-refractivity contribution in [1.82, 2.24) is 19.6 Å². The molecule has 0 bridgehead atoms. The molecule has 0 aromatic heterocycles. The number of amides is 3. The fourth-order valence-corrected chi connectivity index (χ4v) is 12.0. The first-order chi connectivity index (χ1) is 45.7. The molecule has 3 aliphatic rings. The number of carbonyl (C=O) groups is 4. The van der Waals surface area contributed by atoms with Crippen LogP contribution in [-0.2, 0) is 91.5 Å². The Morgan fingerprint density at radius 3 is 1.62 bits per heavy atom. The Morgan fingerprint density at radius 2 is 1.14 bits per heavy atom. The van der Waals surface area contributed by atoms with Gasteiger partial charge in [0.1, 0.15) is 5.84 Å². The average molecular weight is 1390 g/mol. The van der Waals surface area contributed by atoms with Gasteiger partial charge in [0.25, 0.3) is 5.91 Å². The first kappa shape index (κ1) is 77.9. The predicted octanol–water partition coefficient (Wildman–Crippen LogP) is 4.65. The van der Waals surface area contributed by atoms with Crippen LogP contribution in [0.1, 0.15) is 57.9 Å². The van der Waals surface area contributed by atoms with Crippen LogP contribution < -0.4 is 15.8 Å². The maximum atomic E-state index is 14.0. The normalized spacial score (nSPS) is 14.8. The number of esters is 1. The Morgan fingerprint density at radius 1 is 0.653 bits per heavy atom. The van der Waals surface area contributed by atoms with Gasteiger partial charge in [0, 0.05) is 68.7 Å². The lowest BCUT2D eigenvalue weighted by Gasteiger charge is -2.38. The lowest BCUT2D eigenvalue weighted by atomic mass is 9.95. The molecule has 0 saturated carbocycles. The minimum atomic E-state index is -5.66. The number of halogens is 4. The molecule has 3 aliphatic heterocycles. The van der Waals surface area contributed by atoms with Crippen molar-refractivity contribution in [2.75, 3.05) is 178 Å². The molecule has 0 unspecified atom stereocenters. The molecule has 0 aliphatic carbocycles. The second-order valence-electron chi connectivity index (χ2n) is 21.7. The summed E-state index contributed by atoms with van der Waals surface area (Å²) < 4.78 is 174. The van der Waals surface area contributed by atoms with Crippen molar-refractivity contribution in [3.8, 4) is 16.9 Å². The molecular formula is C62H86F4N6O21S2. The fourth-order valence-electron chi connectivity index (χ4n) is 9.69. The fraction of sp³-hybridized carbons (Fsp3) is 0.597. The monoisotopic (exact) mass is 1390 g/mol. The summed E-state index contributed by atoms with van der Waals surface area (Å²) in [7, 11) is -9.48. The van der Waals surface area contributed by atoms with Crippen LogP contribution in [0.2, 0.25) is 0 Å². The van der Waals surface area contributed by atoms with E-state index >= 15 is 0 Å². The van der Waals surface area contributed by atoms with Crippen molar-refractivity contribution in [3.63, 3.8) is 0 Å². The zero-order chi connectivity index (χ0) is 68.6. The molecule has 3 aromatic carbocycles. The zero-order valence-electron chi connectivity index (χ0n) is 53.4. The van der Waals surface area contributed by atoms with Gasteiger partial charge in [-0.1, -0.05) is 31.2 Å². The second kappa shape index (κ2) is 41.2. The van der Waals surface area contributed by atoms with Crippen molar-refractivity contribution in [1.29, 1.82) is 0 Å². The molecule has 6 rings (SSSR count). The maximum Gasteiger partial charge on any atom is 0.313 e. The van der Waals surface area contributed by atoms with E-state index in [0.717, 1.165) is 12.0 Å². The molecule has 3 heterocycles. The highest BCUT2D eigenvalue weighted by Gasteiger charge is 2.38. The van der Waals surface area contributed by atoms with Gasteiger partial charge in [-0.15, -0.1) is 0 Å². The van der Waals surface area contributed by atoms with Gasteiger partial charge in [0.2, 0.25) is 39.2 Å². The first-order valence-electron chi connectivity index (χ1n) is 31.3. The molecule has 95 heavy (non-hydrogen) atoms. The van der Waals surface area contributed by atoms with E-state index in [-0.39, 0.29) is 106 Å². The Bertz CT molecular complexity index is 3210. The van der Waals surface area contributed by atoms with E-state index in [1.54, 1.807) is 29.2 Å². The standard InChI is InChI=1S/C62H86F4N6O21S2/c1-3-14-72(92-4-2)62(76)49-37-48-9-8-47(39-51(48)69-52(67)40-49)46-6-5-7-50(38-46)94(77,78)71-42-44(43-71)41-68-61(75)45-10-15-70(16-11-45)53(73)12-17-82-19-21-84-23-25-86-27-29-88-31-33-90-35-36-91-34-32-89-30-28-87-26-24-85-22-20-83-18-13-54(74)93-59-55(63)57(65)60(95(79,80)81)58(66)56(59)64/h5-9,37-39,44-45H,3-4,10-36,40-43H2,1-2H3,(H2,67,69)(H,68,75)(H,79,80,81). The molecule has 0 radical (unpaired) electrons. The number of hydrogen-bond acceptors (Lipinski definition) is 22. The molecule has 0 spiro atoms.